The van der Waals surface area contributed by atoms with Crippen LogP contribution in [0.5, 0.6) is 0 Å². The molecule has 3 N–H and O–H groups in total. The van der Waals surface area contributed by atoms with Crippen molar-refractivity contribution >= 4 is 18.2 Å². The summed E-state index contributed by atoms with van der Waals surface area (Å²) in [5.74, 6) is 0.520. The van der Waals surface area contributed by atoms with E-state index in [1.807, 2.05) is 4.57 Å². The highest BCUT2D eigenvalue weighted by molar-refractivity contribution is 7.71. The Labute approximate surface area is 75.8 Å². The highest BCUT2D eigenvalue weighted by atomic mass is 32.1. The van der Waals surface area contributed by atoms with E-state index in [-0.39, 0.29) is 0 Å². The summed E-state index contributed by atoms with van der Waals surface area (Å²) in [6, 6.07) is 0.483. The first-order valence-corrected chi connectivity index (χ1v) is 4.62. The van der Waals surface area contributed by atoms with Gasteiger partial charge in [0.15, 0.2) is 4.77 Å². The van der Waals surface area contributed by atoms with Gasteiger partial charge in [0.05, 0.1) is 0 Å². The van der Waals surface area contributed by atoms with Crippen LogP contribution in [0.25, 0.3) is 0 Å². The van der Waals surface area contributed by atoms with Gasteiger partial charge in [0, 0.05) is 6.04 Å². The maximum absolute atomic E-state index is 5.68. The molecule has 1 saturated carbocycles. The molecule has 0 amide bonds. The lowest BCUT2D eigenvalue weighted by Crippen LogP contribution is -2.08. The summed E-state index contributed by atoms with van der Waals surface area (Å²) in [4.78, 5) is 0. The lowest BCUT2D eigenvalue weighted by molar-refractivity contribution is 0.518. The van der Waals surface area contributed by atoms with E-state index in [0.29, 0.717) is 16.8 Å². The average molecular weight is 184 g/mol. The van der Waals surface area contributed by atoms with Gasteiger partial charge in [0.2, 0.25) is 5.95 Å². The zero-order valence-electron chi connectivity index (χ0n) is 6.79. The van der Waals surface area contributed by atoms with Gasteiger partial charge < -0.3 is 5.73 Å². The quantitative estimate of drug-likeness (QED) is 0.652. The molecular formula is C7H12N4S. The van der Waals surface area contributed by atoms with E-state index in [1.165, 1.54) is 25.7 Å². The van der Waals surface area contributed by atoms with Gasteiger partial charge in [-0.2, -0.15) is 0 Å². The maximum Gasteiger partial charge on any atom is 0.220 e. The summed E-state index contributed by atoms with van der Waals surface area (Å²) in [6.45, 7) is 0. The molecule has 2 rings (SSSR count). The van der Waals surface area contributed by atoms with Gasteiger partial charge >= 0.3 is 0 Å². The standard InChI is InChI=1S/C7H12N4S/c8-6-9-10-7(12)11(6)5-3-1-2-4-5/h5H,1-4H2,(H2,8,9)(H,10,12). The minimum absolute atomic E-state index is 0.483. The van der Waals surface area contributed by atoms with Crippen molar-refractivity contribution in [3.63, 3.8) is 0 Å². The van der Waals surface area contributed by atoms with Crippen molar-refractivity contribution in [2.75, 3.05) is 5.73 Å². The van der Waals surface area contributed by atoms with E-state index in [2.05, 4.69) is 10.2 Å². The molecule has 1 aliphatic carbocycles. The zero-order chi connectivity index (χ0) is 8.55. The number of hydrogen-bond donors (Lipinski definition) is 2. The first-order valence-electron chi connectivity index (χ1n) is 4.21. The SMILES string of the molecule is Nc1n[nH]c(=S)n1C1CCCC1. The van der Waals surface area contributed by atoms with E-state index in [4.69, 9.17) is 18.0 Å². The van der Waals surface area contributed by atoms with E-state index in [0.717, 1.165) is 0 Å². The van der Waals surface area contributed by atoms with Crippen LogP contribution in [0.4, 0.5) is 5.95 Å². The van der Waals surface area contributed by atoms with Crippen molar-refractivity contribution in [3.05, 3.63) is 4.77 Å². The number of nitrogens with two attached hydrogens (primary N) is 1. The number of anilines is 1. The Morgan fingerprint density at radius 1 is 1.50 bits per heavy atom. The third kappa shape index (κ3) is 1.14. The van der Waals surface area contributed by atoms with Crippen LogP contribution in [-0.4, -0.2) is 14.8 Å². The molecule has 0 bridgehead atoms. The van der Waals surface area contributed by atoms with Gasteiger partial charge in [-0.15, -0.1) is 5.10 Å². The lowest BCUT2D eigenvalue weighted by atomic mass is 10.2. The van der Waals surface area contributed by atoms with Gasteiger partial charge in [0.25, 0.3) is 0 Å². The monoisotopic (exact) mass is 184 g/mol. The third-order valence-electron chi connectivity index (χ3n) is 2.42. The Balaban J connectivity index is 2.37. The molecule has 1 aromatic heterocycles. The smallest absolute Gasteiger partial charge is 0.220 e. The van der Waals surface area contributed by atoms with E-state index in [9.17, 15) is 0 Å². The third-order valence-corrected chi connectivity index (χ3v) is 2.71. The molecular weight excluding hydrogens is 172 g/mol. The van der Waals surface area contributed by atoms with Crippen LogP contribution in [0, 0.1) is 4.77 Å². The van der Waals surface area contributed by atoms with Gasteiger partial charge in [0.1, 0.15) is 0 Å². The van der Waals surface area contributed by atoms with Crippen molar-refractivity contribution in [2.45, 2.75) is 31.7 Å². The first kappa shape index (κ1) is 7.79. The number of aromatic nitrogens is 3. The number of aromatic amines is 1. The molecule has 0 radical (unpaired) electrons. The van der Waals surface area contributed by atoms with Crippen molar-refractivity contribution in [2.24, 2.45) is 0 Å². The average Bonchev–Trinajstić information content (AvgIpc) is 2.61. The Bertz CT molecular complexity index is 320. The Kier molecular flexibility index (Phi) is 1.88. The molecule has 1 aromatic rings. The molecule has 1 heterocycles. The van der Waals surface area contributed by atoms with Crippen molar-refractivity contribution in [3.8, 4) is 0 Å². The van der Waals surface area contributed by atoms with E-state index >= 15 is 0 Å². The topological polar surface area (TPSA) is 59.6 Å². The van der Waals surface area contributed by atoms with Crippen LogP contribution in [0.2, 0.25) is 0 Å². The molecule has 0 atom stereocenters. The van der Waals surface area contributed by atoms with Crippen molar-refractivity contribution in [1.29, 1.82) is 0 Å². The van der Waals surface area contributed by atoms with Gasteiger partial charge in [-0.25, -0.2) is 5.10 Å². The fourth-order valence-electron chi connectivity index (χ4n) is 1.83. The van der Waals surface area contributed by atoms with Crippen molar-refractivity contribution < 1.29 is 0 Å². The lowest BCUT2D eigenvalue weighted by Gasteiger charge is -2.10. The fourth-order valence-corrected chi connectivity index (χ4v) is 2.12. The molecule has 12 heavy (non-hydrogen) atoms. The number of rotatable bonds is 1. The minimum atomic E-state index is 0.483. The predicted octanol–water partition coefficient (Wildman–Crippen LogP) is 1.64. The van der Waals surface area contributed by atoms with Crippen LogP contribution >= 0.6 is 12.2 Å². The predicted molar refractivity (Wildman–Crippen MR) is 49.3 cm³/mol. The molecule has 4 nitrogen and oxygen atoms in total. The number of hydrogen-bond acceptors (Lipinski definition) is 3. The number of nitrogen functional groups attached to an aromatic ring is 1. The van der Waals surface area contributed by atoms with E-state index < -0.39 is 0 Å². The molecule has 5 heteroatoms. The summed E-state index contributed by atoms with van der Waals surface area (Å²) >= 11 is 5.07. The summed E-state index contributed by atoms with van der Waals surface area (Å²) in [5, 5.41) is 6.59. The van der Waals surface area contributed by atoms with Crippen LogP contribution in [0.15, 0.2) is 0 Å². The molecule has 1 aliphatic rings. The largest absolute Gasteiger partial charge is 0.368 e. The van der Waals surface area contributed by atoms with Crippen LogP contribution in [0.3, 0.4) is 0 Å². The van der Waals surface area contributed by atoms with E-state index in [1.54, 1.807) is 0 Å². The second kappa shape index (κ2) is 2.90. The molecule has 0 saturated heterocycles. The minimum Gasteiger partial charge on any atom is -0.368 e. The summed E-state index contributed by atoms with van der Waals surface area (Å²) < 4.78 is 2.59. The van der Waals surface area contributed by atoms with Crippen LogP contribution < -0.4 is 5.73 Å². The summed E-state index contributed by atoms with van der Waals surface area (Å²) in [6.07, 6.45) is 4.91. The highest BCUT2D eigenvalue weighted by Gasteiger charge is 2.19. The fraction of sp³-hybridized carbons (Fsp3) is 0.714. The normalized spacial score (nSPS) is 18.7. The molecule has 66 valence electrons. The Morgan fingerprint density at radius 3 is 2.67 bits per heavy atom. The molecule has 1 fully saturated rings. The molecule has 0 aliphatic heterocycles. The van der Waals surface area contributed by atoms with Gasteiger partial charge in [-0.05, 0) is 25.1 Å². The summed E-state index contributed by atoms with van der Waals surface area (Å²) in [5.41, 5.74) is 5.68. The maximum atomic E-state index is 5.68. The van der Waals surface area contributed by atoms with Crippen LogP contribution in [-0.2, 0) is 0 Å². The second-order valence-corrected chi connectivity index (χ2v) is 3.58. The van der Waals surface area contributed by atoms with Crippen molar-refractivity contribution in [1.82, 2.24) is 14.8 Å². The number of nitrogens with one attached hydrogen (secondary N) is 1. The molecule has 0 unspecified atom stereocenters. The second-order valence-electron chi connectivity index (χ2n) is 3.20. The number of nitrogens with zero attached hydrogens (tertiary/aromatic N) is 2. The highest BCUT2D eigenvalue weighted by Crippen LogP contribution is 2.30. The molecule has 0 spiro atoms. The molecule has 0 aromatic carbocycles. The Morgan fingerprint density at radius 2 is 2.17 bits per heavy atom. The number of H-pyrrole nitrogens is 1. The van der Waals surface area contributed by atoms with Crippen LogP contribution in [0.1, 0.15) is 31.7 Å². The Hall–Kier alpha value is -0.840. The van der Waals surface area contributed by atoms with Gasteiger partial charge in [-0.1, -0.05) is 12.8 Å². The first-order chi connectivity index (χ1) is 5.79. The summed E-state index contributed by atoms with van der Waals surface area (Å²) in [7, 11) is 0. The van der Waals surface area contributed by atoms with Gasteiger partial charge in [-0.3, -0.25) is 4.57 Å². The zero-order valence-corrected chi connectivity index (χ0v) is 7.60.